The van der Waals surface area contributed by atoms with Crippen molar-refractivity contribution in [3.8, 4) is 0 Å². The number of aromatic nitrogens is 1. The summed E-state index contributed by atoms with van der Waals surface area (Å²) in [7, 11) is 1.19. The fraction of sp³-hybridized carbons (Fsp3) is 0.200. The number of benzene rings is 1. The number of hydrogen-bond acceptors (Lipinski definition) is 4. The third-order valence-electron chi connectivity index (χ3n) is 2.07. The van der Waals surface area contributed by atoms with E-state index >= 15 is 0 Å². The Labute approximate surface area is 97.8 Å². The zero-order valence-electron chi connectivity index (χ0n) is 8.54. The zero-order chi connectivity index (χ0) is 12.6. The summed E-state index contributed by atoms with van der Waals surface area (Å²) >= 11 is 0.996. The summed E-state index contributed by atoms with van der Waals surface area (Å²) in [5, 5.41) is 0.0434. The number of ether oxygens (including phenoxy) is 1. The maximum Gasteiger partial charge on any atom is 0.416 e. The minimum Gasteiger partial charge on any atom is -0.464 e. The van der Waals surface area contributed by atoms with E-state index in [0.29, 0.717) is 4.70 Å². The van der Waals surface area contributed by atoms with Crippen molar-refractivity contribution >= 4 is 27.5 Å². The fourth-order valence-electron chi connectivity index (χ4n) is 1.28. The number of fused-ring (bicyclic) bond motifs is 1. The van der Waals surface area contributed by atoms with Crippen LogP contribution in [0.5, 0.6) is 0 Å². The van der Waals surface area contributed by atoms with Crippen LogP contribution in [-0.2, 0) is 10.9 Å². The molecule has 0 fully saturated rings. The average Bonchev–Trinajstić information content (AvgIpc) is 2.69. The molecule has 7 heteroatoms. The maximum absolute atomic E-state index is 12.4. The molecule has 1 heterocycles. The Kier molecular flexibility index (Phi) is 2.78. The van der Waals surface area contributed by atoms with Crippen LogP contribution in [0.25, 0.3) is 10.2 Å². The van der Waals surface area contributed by atoms with Gasteiger partial charge in [0.25, 0.3) is 0 Å². The number of hydrogen-bond donors (Lipinski definition) is 0. The van der Waals surface area contributed by atoms with Crippen molar-refractivity contribution in [3.63, 3.8) is 0 Å². The van der Waals surface area contributed by atoms with Crippen LogP contribution in [0.3, 0.4) is 0 Å². The van der Waals surface area contributed by atoms with Crippen LogP contribution in [0.2, 0.25) is 0 Å². The first kappa shape index (κ1) is 11.8. The summed E-state index contributed by atoms with van der Waals surface area (Å²) in [5.41, 5.74) is -0.642. The van der Waals surface area contributed by atoms with Crippen molar-refractivity contribution in [2.75, 3.05) is 7.11 Å². The largest absolute Gasteiger partial charge is 0.464 e. The van der Waals surface area contributed by atoms with E-state index in [2.05, 4.69) is 9.72 Å². The molecule has 0 spiro atoms. The summed E-state index contributed by atoms with van der Waals surface area (Å²) in [6, 6.07) is 3.17. The van der Waals surface area contributed by atoms with Crippen molar-refractivity contribution in [2.24, 2.45) is 0 Å². The van der Waals surface area contributed by atoms with Gasteiger partial charge in [-0.3, -0.25) is 0 Å². The minimum absolute atomic E-state index is 0.0434. The minimum atomic E-state index is -4.41. The number of rotatable bonds is 1. The lowest BCUT2D eigenvalue weighted by Gasteiger charge is -2.04. The highest BCUT2D eigenvalue weighted by Gasteiger charge is 2.31. The molecule has 0 amide bonds. The van der Waals surface area contributed by atoms with E-state index in [1.54, 1.807) is 0 Å². The summed E-state index contributed by atoms with van der Waals surface area (Å²) < 4.78 is 42.3. The first-order valence-corrected chi connectivity index (χ1v) is 5.29. The Morgan fingerprint density at radius 1 is 1.41 bits per heavy atom. The van der Waals surface area contributed by atoms with Gasteiger partial charge in [0, 0.05) is 0 Å². The summed E-state index contributed by atoms with van der Waals surface area (Å²) in [6.45, 7) is 0. The van der Waals surface area contributed by atoms with Gasteiger partial charge in [0.1, 0.15) is 0 Å². The molecule has 0 saturated carbocycles. The van der Waals surface area contributed by atoms with Gasteiger partial charge in [-0.15, -0.1) is 11.3 Å². The number of alkyl halides is 3. The first-order chi connectivity index (χ1) is 7.91. The lowest BCUT2D eigenvalue weighted by Crippen LogP contribution is -2.04. The summed E-state index contributed by atoms with van der Waals surface area (Å²) in [5.74, 6) is -0.653. The Morgan fingerprint density at radius 3 is 2.71 bits per heavy atom. The van der Waals surface area contributed by atoms with Gasteiger partial charge in [0.05, 0.1) is 22.9 Å². The average molecular weight is 261 g/mol. The van der Waals surface area contributed by atoms with Crippen LogP contribution in [0, 0.1) is 0 Å². The smallest absolute Gasteiger partial charge is 0.416 e. The van der Waals surface area contributed by atoms with E-state index in [1.807, 2.05) is 0 Å². The summed E-state index contributed by atoms with van der Waals surface area (Å²) in [6.07, 6.45) is -4.41. The highest BCUT2D eigenvalue weighted by molar-refractivity contribution is 7.20. The van der Waals surface area contributed by atoms with Crippen LogP contribution in [0.4, 0.5) is 13.2 Å². The Hall–Kier alpha value is -1.63. The molecule has 0 aliphatic rings. The van der Waals surface area contributed by atoms with E-state index in [9.17, 15) is 18.0 Å². The molecule has 1 aromatic heterocycles. The van der Waals surface area contributed by atoms with Gasteiger partial charge in [0.2, 0.25) is 5.01 Å². The van der Waals surface area contributed by atoms with Crippen molar-refractivity contribution in [1.82, 2.24) is 4.98 Å². The standard InChI is InChI=1S/C10H6F3NO2S/c1-16-9(15)8-14-6-4-5(10(11,12)13)2-3-7(6)17-8/h2-4H,1H3. The number of carbonyl (C=O) groups is 1. The number of thiazole rings is 1. The van der Waals surface area contributed by atoms with Crippen LogP contribution in [-0.4, -0.2) is 18.1 Å². The second-order valence-corrected chi connectivity index (χ2v) is 4.22. The number of nitrogens with zero attached hydrogens (tertiary/aromatic N) is 1. The lowest BCUT2D eigenvalue weighted by molar-refractivity contribution is -0.137. The topological polar surface area (TPSA) is 39.2 Å². The molecule has 0 atom stereocenters. The van der Waals surface area contributed by atoms with E-state index in [4.69, 9.17) is 0 Å². The molecule has 0 saturated heterocycles. The number of methoxy groups -OCH3 is 1. The van der Waals surface area contributed by atoms with Gasteiger partial charge in [-0.25, -0.2) is 9.78 Å². The molecule has 0 unspecified atom stereocenters. The molecule has 3 nitrogen and oxygen atoms in total. The van der Waals surface area contributed by atoms with Gasteiger partial charge in [0.15, 0.2) is 0 Å². The van der Waals surface area contributed by atoms with E-state index < -0.39 is 17.7 Å². The second kappa shape index (κ2) is 3.99. The Bertz CT molecular complexity index is 576. The van der Waals surface area contributed by atoms with Gasteiger partial charge >= 0.3 is 12.1 Å². The van der Waals surface area contributed by atoms with Crippen LogP contribution in [0.1, 0.15) is 15.4 Å². The molecule has 90 valence electrons. The SMILES string of the molecule is COC(=O)c1nc2cc(C(F)(F)F)ccc2s1. The second-order valence-electron chi connectivity index (χ2n) is 3.19. The van der Waals surface area contributed by atoms with Crippen LogP contribution < -0.4 is 0 Å². The van der Waals surface area contributed by atoms with Crippen LogP contribution in [0.15, 0.2) is 18.2 Å². The molecule has 1 aromatic carbocycles. The van der Waals surface area contributed by atoms with E-state index in [1.165, 1.54) is 13.2 Å². The predicted molar refractivity (Wildman–Crippen MR) is 56.0 cm³/mol. The van der Waals surface area contributed by atoms with Crippen LogP contribution >= 0.6 is 11.3 Å². The molecule has 0 aliphatic heterocycles. The lowest BCUT2D eigenvalue weighted by atomic mass is 10.2. The molecule has 0 bridgehead atoms. The van der Waals surface area contributed by atoms with Gasteiger partial charge in [-0.2, -0.15) is 13.2 Å². The number of carbonyl (C=O) groups excluding carboxylic acids is 1. The molecule has 0 aliphatic carbocycles. The van der Waals surface area contributed by atoms with Gasteiger partial charge in [-0.1, -0.05) is 0 Å². The number of halogens is 3. The Morgan fingerprint density at radius 2 is 2.12 bits per heavy atom. The molecule has 0 radical (unpaired) electrons. The predicted octanol–water partition coefficient (Wildman–Crippen LogP) is 3.10. The normalized spacial score (nSPS) is 11.8. The highest BCUT2D eigenvalue weighted by Crippen LogP contribution is 2.32. The van der Waals surface area contributed by atoms with Crippen molar-refractivity contribution in [1.29, 1.82) is 0 Å². The van der Waals surface area contributed by atoms with E-state index in [0.717, 1.165) is 23.5 Å². The van der Waals surface area contributed by atoms with E-state index in [-0.39, 0.29) is 10.5 Å². The van der Waals surface area contributed by atoms with Crippen molar-refractivity contribution in [2.45, 2.75) is 6.18 Å². The third-order valence-corrected chi connectivity index (χ3v) is 3.09. The van der Waals surface area contributed by atoms with Gasteiger partial charge in [-0.05, 0) is 18.2 Å². The molecular formula is C10H6F3NO2S. The maximum atomic E-state index is 12.4. The molecule has 0 N–H and O–H groups in total. The summed E-state index contributed by atoms with van der Waals surface area (Å²) in [4.78, 5) is 15.0. The monoisotopic (exact) mass is 261 g/mol. The quantitative estimate of drug-likeness (QED) is 0.740. The van der Waals surface area contributed by atoms with Crippen molar-refractivity contribution < 1.29 is 22.7 Å². The molecule has 2 rings (SSSR count). The molecule has 2 aromatic rings. The molecular weight excluding hydrogens is 255 g/mol. The Balaban J connectivity index is 2.52. The first-order valence-electron chi connectivity index (χ1n) is 4.48. The fourth-order valence-corrected chi connectivity index (χ4v) is 2.14. The van der Waals surface area contributed by atoms with Gasteiger partial charge < -0.3 is 4.74 Å². The number of esters is 1. The molecule has 17 heavy (non-hydrogen) atoms. The van der Waals surface area contributed by atoms with Crippen molar-refractivity contribution in [3.05, 3.63) is 28.8 Å². The highest BCUT2D eigenvalue weighted by atomic mass is 32.1. The third kappa shape index (κ3) is 2.23. The zero-order valence-corrected chi connectivity index (χ0v) is 9.35.